The maximum absolute atomic E-state index is 9.82. The summed E-state index contributed by atoms with van der Waals surface area (Å²) in [4.78, 5) is 9.82. The van der Waals surface area contributed by atoms with Crippen LogP contribution in [-0.4, -0.2) is 24.9 Å². The van der Waals surface area contributed by atoms with Gasteiger partial charge in [0, 0.05) is 0 Å². The van der Waals surface area contributed by atoms with Crippen molar-refractivity contribution in [1.29, 1.82) is 0 Å². The fraction of sp³-hybridized carbons (Fsp3) is 1.00. The van der Waals surface area contributed by atoms with Gasteiger partial charge in [-0.15, -0.1) is 0 Å². The minimum Gasteiger partial charge on any atom is -0.429 e. The molecule has 0 heterocycles. The molecule has 1 atom stereocenters. The fourth-order valence-electron chi connectivity index (χ4n) is 1.09. The molecule has 0 aliphatic heterocycles. The zero-order valence-electron chi connectivity index (χ0n) is 7.94. The molecule has 0 rings (SSSR count). The first-order valence-corrected chi connectivity index (χ1v) is 7.08. The van der Waals surface area contributed by atoms with Crippen LogP contribution in [0.5, 0.6) is 0 Å². The second-order valence-electron chi connectivity index (χ2n) is 3.41. The van der Waals surface area contributed by atoms with E-state index < -0.39 is 13.6 Å². The highest BCUT2D eigenvalue weighted by molar-refractivity contribution is 6.73. The topological polar surface area (TPSA) is 58.3 Å². The molecule has 0 aromatic heterocycles. The molecule has 3 nitrogen and oxygen atoms in total. The van der Waals surface area contributed by atoms with Gasteiger partial charge >= 0.3 is 0 Å². The van der Waals surface area contributed by atoms with Gasteiger partial charge in [-0.2, -0.15) is 0 Å². The summed E-state index contributed by atoms with van der Waals surface area (Å²) in [6, 6.07) is 0. The van der Waals surface area contributed by atoms with Crippen molar-refractivity contribution in [2.24, 2.45) is 5.73 Å². The number of hydrogen-bond acceptors (Lipinski definition) is 3. The summed E-state index contributed by atoms with van der Waals surface area (Å²) < 4.78 is 0. The quantitative estimate of drug-likeness (QED) is 0.429. The van der Waals surface area contributed by atoms with Crippen molar-refractivity contribution in [2.45, 2.75) is 38.6 Å². The van der Waals surface area contributed by atoms with E-state index in [1.54, 1.807) is 0 Å². The van der Waals surface area contributed by atoms with Gasteiger partial charge in [-0.1, -0.05) is 13.8 Å². The van der Waals surface area contributed by atoms with Crippen LogP contribution in [0.15, 0.2) is 0 Å². The van der Waals surface area contributed by atoms with E-state index >= 15 is 0 Å². The van der Waals surface area contributed by atoms with Crippen LogP contribution in [0.4, 0.5) is 0 Å². The molecule has 0 amide bonds. The first-order valence-electron chi connectivity index (χ1n) is 4.13. The van der Waals surface area contributed by atoms with Crippen molar-refractivity contribution in [3.05, 3.63) is 0 Å². The molecule has 0 bridgehead atoms. The predicted octanol–water partition coefficient (Wildman–Crippen LogP) is 0.397. The molecule has 0 aliphatic rings. The minimum atomic E-state index is -2.27. The second-order valence-corrected chi connectivity index (χ2v) is 7.42. The highest BCUT2D eigenvalue weighted by Crippen LogP contribution is 2.15. The average Bonchev–Trinajstić information content (AvgIpc) is 1.86. The molecule has 0 radical (unpaired) electrons. The first kappa shape index (κ1) is 11.1. The summed E-state index contributed by atoms with van der Waals surface area (Å²) in [6.07, 6.45) is 0.774. The van der Waals surface area contributed by atoms with E-state index in [9.17, 15) is 4.80 Å². The summed E-state index contributed by atoms with van der Waals surface area (Å²) in [5, 5.41) is 2.61. The van der Waals surface area contributed by atoms with Crippen molar-refractivity contribution in [3.8, 4) is 0 Å². The van der Waals surface area contributed by atoms with E-state index in [0.29, 0.717) is 0 Å². The van der Waals surface area contributed by atoms with Gasteiger partial charge in [0.15, 0.2) is 0 Å². The Labute approximate surface area is 70.1 Å². The molecule has 1 unspecified atom stereocenters. The normalized spacial score (nSPS) is 18.0. The molecule has 0 aromatic rings. The Morgan fingerprint density at radius 2 is 1.91 bits per heavy atom. The van der Waals surface area contributed by atoms with Crippen LogP contribution in [0, 0.1) is 0 Å². The van der Waals surface area contributed by atoms with Crippen LogP contribution in [0.3, 0.4) is 0 Å². The van der Waals surface area contributed by atoms with Gasteiger partial charge in [0.1, 0.15) is 0 Å². The molecule has 0 spiro atoms. The highest BCUT2D eigenvalue weighted by atomic mass is 28.4. The molecule has 68 valence electrons. The highest BCUT2D eigenvalue weighted by Gasteiger charge is 2.40. The van der Waals surface area contributed by atoms with E-state index in [4.69, 9.17) is 5.73 Å². The van der Waals surface area contributed by atoms with Gasteiger partial charge in [-0.3, -0.25) is 0 Å². The number of nitrogens with two attached hydrogens (primary N) is 1. The molecule has 11 heavy (non-hydrogen) atoms. The third kappa shape index (κ3) is 2.55. The van der Waals surface area contributed by atoms with Crippen molar-refractivity contribution in [3.63, 3.8) is 0 Å². The van der Waals surface area contributed by atoms with E-state index in [1.165, 1.54) is 0 Å². The Bertz CT molecular complexity index is 124. The van der Waals surface area contributed by atoms with Crippen LogP contribution < -0.4 is 11.1 Å². The zero-order valence-corrected chi connectivity index (χ0v) is 8.94. The summed E-state index contributed by atoms with van der Waals surface area (Å²) in [7, 11) is -2.27. The lowest BCUT2D eigenvalue weighted by molar-refractivity contribution is 0.376. The Balaban J connectivity index is 4.33. The summed E-state index contributed by atoms with van der Waals surface area (Å²) in [5.74, 6) is 0. The summed E-state index contributed by atoms with van der Waals surface area (Å²) in [5.41, 5.74) is 5.99. The number of hydrogen-bond donors (Lipinski definition) is 3. The molecule has 0 aliphatic carbocycles. The molecule has 4 heteroatoms. The van der Waals surface area contributed by atoms with Crippen LogP contribution in [-0.2, 0) is 0 Å². The van der Waals surface area contributed by atoms with Gasteiger partial charge < -0.3 is 15.8 Å². The molecular weight excluding hydrogens is 156 g/mol. The Hall–Kier alpha value is 0.0969. The lowest BCUT2D eigenvalue weighted by Crippen LogP contribution is -2.69. The standard InChI is InChI=1S/C7H20N2OSi/c1-5-7(8,9-6-2)11(3,4)10/h9-10H,5-6,8H2,1-4H3. The molecule has 0 saturated heterocycles. The maximum atomic E-state index is 9.82. The SMILES string of the molecule is CCNC(N)(CC)[Si](C)(C)O. The monoisotopic (exact) mass is 176 g/mol. The van der Waals surface area contributed by atoms with Gasteiger partial charge in [0.25, 0.3) is 0 Å². The van der Waals surface area contributed by atoms with Crippen molar-refractivity contribution in [2.75, 3.05) is 6.54 Å². The lowest BCUT2D eigenvalue weighted by atomic mass is 10.4. The Kier molecular flexibility index (Phi) is 3.70. The molecule has 4 N–H and O–H groups in total. The van der Waals surface area contributed by atoms with Crippen LogP contribution in [0.2, 0.25) is 13.1 Å². The summed E-state index contributed by atoms with van der Waals surface area (Å²) in [6.45, 7) is 8.52. The van der Waals surface area contributed by atoms with Crippen LogP contribution in [0.1, 0.15) is 20.3 Å². The van der Waals surface area contributed by atoms with E-state index in [-0.39, 0.29) is 0 Å². The third-order valence-corrected chi connectivity index (χ3v) is 4.86. The lowest BCUT2D eigenvalue weighted by Gasteiger charge is -2.38. The Morgan fingerprint density at radius 1 is 1.45 bits per heavy atom. The predicted molar refractivity (Wildman–Crippen MR) is 50.6 cm³/mol. The fourth-order valence-corrected chi connectivity index (χ4v) is 2.56. The third-order valence-electron chi connectivity index (χ3n) is 2.14. The van der Waals surface area contributed by atoms with Gasteiger partial charge in [-0.05, 0) is 26.1 Å². The summed E-state index contributed by atoms with van der Waals surface area (Å²) >= 11 is 0. The van der Waals surface area contributed by atoms with E-state index in [2.05, 4.69) is 5.32 Å². The largest absolute Gasteiger partial charge is 0.429 e. The average molecular weight is 176 g/mol. The van der Waals surface area contributed by atoms with E-state index in [0.717, 1.165) is 13.0 Å². The van der Waals surface area contributed by atoms with Gasteiger partial charge in [-0.25, -0.2) is 0 Å². The van der Waals surface area contributed by atoms with Crippen molar-refractivity contribution < 1.29 is 4.80 Å². The van der Waals surface area contributed by atoms with Crippen LogP contribution in [0.25, 0.3) is 0 Å². The number of nitrogens with one attached hydrogen (secondary N) is 1. The number of rotatable bonds is 4. The van der Waals surface area contributed by atoms with Gasteiger partial charge in [0.2, 0.25) is 8.32 Å². The molecular formula is C7H20N2OSi. The minimum absolute atomic E-state index is 0.526. The molecule has 0 fully saturated rings. The smallest absolute Gasteiger partial charge is 0.216 e. The molecule has 0 saturated carbocycles. The Morgan fingerprint density at radius 3 is 2.00 bits per heavy atom. The maximum Gasteiger partial charge on any atom is 0.216 e. The molecule has 0 aromatic carbocycles. The van der Waals surface area contributed by atoms with Crippen molar-refractivity contribution in [1.82, 2.24) is 5.32 Å². The van der Waals surface area contributed by atoms with Gasteiger partial charge in [0.05, 0.1) is 5.29 Å². The van der Waals surface area contributed by atoms with E-state index in [1.807, 2.05) is 26.9 Å². The first-order chi connectivity index (χ1) is 4.87. The van der Waals surface area contributed by atoms with Crippen LogP contribution >= 0.6 is 0 Å². The second kappa shape index (κ2) is 3.67. The zero-order chi connectivity index (χ0) is 9.12. The van der Waals surface area contributed by atoms with Crippen molar-refractivity contribution >= 4 is 8.32 Å².